The van der Waals surface area contributed by atoms with E-state index in [-0.39, 0.29) is 0 Å². The Kier molecular flexibility index (Phi) is 3.56. The van der Waals surface area contributed by atoms with E-state index in [0.29, 0.717) is 12.4 Å². The molecule has 16 heavy (non-hydrogen) atoms. The van der Waals surface area contributed by atoms with Gasteiger partial charge in [0.15, 0.2) is 0 Å². The molecule has 2 heterocycles. The first-order valence-electron chi connectivity index (χ1n) is 5.67. The number of piperidine rings is 1. The SMILES string of the molecule is COCc1cc(N)nc(N2CCCCC2)n1. The number of hydrogen-bond donors (Lipinski definition) is 1. The van der Waals surface area contributed by atoms with E-state index in [1.807, 2.05) is 0 Å². The fourth-order valence-corrected chi connectivity index (χ4v) is 1.96. The molecule has 0 atom stereocenters. The minimum atomic E-state index is 0.480. The molecule has 1 fully saturated rings. The Morgan fingerprint density at radius 3 is 2.75 bits per heavy atom. The summed E-state index contributed by atoms with van der Waals surface area (Å²) in [4.78, 5) is 10.9. The molecule has 0 radical (unpaired) electrons. The number of rotatable bonds is 3. The van der Waals surface area contributed by atoms with E-state index in [4.69, 9.17) is 10.5 Å². The molecule has 1 saturated heterocycles. The van der Waals surface area contributed by atoms with E-state index in [1.54, 1.807) is 13.2 Å². The fourth-order valence-electron chi connectivity index (χ4n) is 1.96. The molecule has 0 amide bonds. The van der Waals surface area contributed by atoms with Gasteiger partial charge in [-0.1, -0.05) is 0 Å². The van der Waals surface area contributed by atoms with Crippen molar-refractivity contribution in [1.29, 1.82) is 0 Å². The summed E-state index contributed by atoms with van der Waals surface area (Å²) in [5.41, 5.74) is 6.61. The van der Waals surface area contributed by atoms with Gasteiger partial charge in [0, 0.05) is 26.3 Å². The molecular weight excluding hydrogens is 204 g/mol. The number of hydrogen-bond acceptors (Lipinski definition) is 5. The molecule has 1 aromatic heterocycles. The van der Waals surface area contributed by atoms with Gasteiger partial charge in [-0.3, -0.25) is 0 Å². The number of nitrogen functional groups attached to an aromatic ring is 1. The summed E-state index contributed by atoms with van der Waals surface area (Å²) in [6, 6.07) is 1.76. The third kappa shape index (κ3) is 2.61. The van der Waals surface area contributed by atoms with Gasteiger partial charge in [0.2, 0.25) is 5.95 Å². The average Bonchev–Trinajstić information content (AvgIpc) is 2.30. The zero-order chi connectivity index (χ0) is 11.4. The minimum Gasteiger partial charge on any atom is -0.384 e. The van der Waals surface area contributed by atoms with Gasteiger partial charge in [0.25, 0.3) is 0 Å². The lowest BCUT2D eigenvalue weighted by Gasteiger charge is -2.26. The maximum atomic E-state index is 5.76. The molecule has 2 N–H and O–H groups in total. The Balaban J connectivity index is 2.18. The van der Waals surface area contributed by atoms with Gasteiger partial charge in [-0.15, -0.1) is 0 Å². The maximum absolute atomic E-state index is 5.76. The molecule has 0 bridgehead atoms. The van der Waals surface area contributed by atoms with E-state index >= 15 is 0 Å². The molecule has 0 spiro atoms. The van der Waals surface area contributed by atoms with Gasteiger partial charge in [-0.25, -0.2) is 4.98 Å². The van der Waals surface area contributed by atoms with Gasteiger partial charge < -0.3 is 15.4 Å². The van der Waals surface area contributed by atoms with Crippen molar-refractivity contribution in [2.75, 3.05) is 30.8 Å². The summed E-state index contributed by atoms with van der Waals surface area (Å²) >= 11 is 0. The molecule has 0 aliphatic carbocycles. The largest absolute Gasteiger partial charge is 0.384 e. The lowest BCUT2D eigenvalue weighted by molar-refractivity contribution is 0.181. The van der Waals surface area contributed by atoms with Crippen molar-refractivity contribution in [1.82, 2.24) is 9.97 Å². The highest BCUT2D eigenvalue weighted by atomic mass is 16.5. The Morgan fingerprint density at radius 2 is 2.06 bits per heavy atom. The molecule has 5 nitrogen and oxygen atoms in total. The van der Waals surface area contributed by atoms with Crippen LogP contribution in [0.4, 0.5) is 11.8 Å². The van der Waals surface area contributed by atoms with Gasteiger partial charge in [-0.2, -0.15) is 4.98 Å². The number of aromatic nitrogens is 2. The van der Waals surface area contributed by atoms with Crippen LogP contribution in [0.25, 0.3) is 0 Å². The standard InChI is InChI=1S/C11H18N4O/c1-16-8-9-7-10(12)14-11(13-9)15-5-3-2-4-6-15/h7H,2-6,8H2,1H3,(H2,12,13,14). The summed E-state index contributed by atoms with van der Waals surface area (Å²) in [5.74, 6) is 1.26. The van der Waals surface area contributed by atoms with E-state index in [2.05, 4.69) is 14.9 Å². The molecule has 1 aliphatic rings. The molecule has 1 aromatic rings. The Labute approximate surface area is 95.6 Å². The maximum Gasteiger partial charge on any atom is 0.227 e. The van der Waals surface area contributed by atoms with Crippen LogP contribution in [0.1, 0.15) is 25.0 Å². The number of nitrogens with zero attached hydrogens (tertiary/aromatic N) is 3. The van der Waals surface area contributed by atoms with Crippen molar-refractivity contribution >= 4 is 11.8 Å². The summed E-state index contributed by atoms with van der Waals surface area (Å²) in [7, 11) is 1.65. The first-order valence-corrected chi connectivity index (χ1v) is 5.67. The van der Waals surface area contributed by atoms with E-state index < -0.39 is 0 Å². The van der Waals surface area contributed by atoms with Crippen LogP contribution in [0.3, 0.4) is 0 Å². The van der Waals surface area contributed by atoms with Crippen LogP contribution in [-0.4, -0.2) is 30.2 Å². The molecule has 88 valence electrons. The number of methoxy groups -OCH3 is 1. The van der Waals surface area contributed by atoms with Crippen molar-refractivity contribution in [2.45, 2.75) is 25.9 Å². The van der Waals surface area contributed by atoms with Gasteiger partial charge in [0.05, 0.1) is 12.3 Å². The van der Waals surface area contributed by atoms with Crippen LogP contribution < -0.4 is 10.6 Å². The molecule has 0 saturated carbocycles. The van der Waals surface area contributed by atoms with E-state index in [1.165, 1.54) is 19.3 Å². The zero-order valence-electron chi connectivity index (χ0n) is 9.65. The fraction of sp³-hybridized carbons (Fsp3) is 0.636. The lowest BCUT2D eigenvalue weighted by atomic mass is 10.1. The predicted molar refractivity (Wildman–Crippen MR) is 63.2 cm³/mol. The second-order valence-corrected chi connectivity index (χ2v) is 4.06. The smallest absolute Gasteiger partial charge is 0.227 e. The number of nitrogens with two attached hydrogens (primary N) is 1. The highest BCUT2D eigenvalue weighted by molar-refractivity contribution is 5.40. The quantitative estimate of drug-likeness (QED) is 0.832. The summed E-state index contributed by atoms with van der Waals surface area (Å²) in [6.45, 7) is 2.53. The van der Waals surface area contributed by atoms with Crippen LogP contribution in [0.2, 0.25) is 0 Å². The summed E-state index contributed by atoms with van der Waals surface area (Å²) in [6.07, 6.45) is 3.71. The average molecular weight is 222 g/mol. The first kappa shape index (κ1) is 11.1. The van der Waals surface area contributed by atoms with Crippen molar-refractivity contribution in [3.05, 3.63) is 11.8 Å². The van der Waals surface area contributed by atoms with Crippen molar-refractivity contribution < 1.29 is 4.74 Å². The van der Waals surface area contributed by atoms with Gasteiger partial charge in [-0.05, 0) is 19.3 Å². The third-order valence-electron chi connectivity index (χ3n) is 2.72. The highest BCUT2D eigenvalue weighted by Gasteiger charge is 2.14. The molecule has 5 heteroatoms. The van der Waals surface area contributed by atoms with Crippen LogP contribution in [0.5, 0.6) is 0 Å². The summed E-state index contributed by atoms with van der Waals surface area (Å²) < 4.78 is 5.06. The number of anilines is 2. The van der Waals surface area contributed by atoms with Crippen LogP contribution >= 0.6 is 0 Å². The van der Waals surface area contributed by atoms with Gasteiger partial charge >= 0.3 is 0 Å². The predicted octanol–water partition coefficient (Wildman–Crippen LogP) is 1.20. The van der Waals surface area contributed by atoms with Gasteiger partial charge in [0.1, 0.15) is 5.82 Å². The summed E-state index contributed by atoms with van der Waals surface area (Å²) in [5, 5.41) is 0. The highest BCUT2D eigenvalue weighted by Crippen LogP contribution is 2.17. The van der Waals surface area contributed by atoms with E-state index in [9.17, 15) is 0 Å². The van der Waals surface area contributed by atoms with E-state index in [0.717, 1.165) is 24.7 Å². The first-order chi connectivity index (χ1) is 7.79. The Hall–Kier alpha value is -1.36. The Morgan fingerprint density at radius 1 is 1.31 bits per heavy atom. The topological polar surface area (TPSA) is 64.3 Å². The second kappa shape index (κ2) is 5.12. The second-order valence-electron chi connectivity index (χ2n) is 4.06. The Bertz CT molecular complexity index is 350. The van der Waals surface area contributed by atoms with Crippen LogP contribution in [-0.2, 0) is 11.3 Å². The van der Waals surface area contributed by atoms with Crippen LogP contribution in [0.15, 0.2) is 6.07 Å². The molecule has 0 aromatic carbocycles. The molecular formula is C11H18N4O. The normalized spacial score (nSPS) is 16.4. The monoisotopic (exact) mass is 222 g/mol. The van der Waals surface area contributed by atoms with Crippen molar-refractivity contribution in [3.8, 4) is 0 Å². The van der Waals surface area contributed by atoms with Crippen molar-refractivity contribution in [3.63, 3.8) is 0 Å². The molecule has 2 rings (SSSR count). The van der Waals surface area contributed by atoms with Crippen molar-refractivity contribution in [2.24, 2.45) is 0 Å². The lowest BCUT2D eigenvalue weighted by Crippen LogP contribution is -2.31. The zero-order valence-corrected chi connectivity index (χ0v) is 9.65. The molecule has 1 aliphatic heterocycles. The van der Waals surface area contributed by atoms with Crippen LogP contribution in [0, 0.1) is 0 Å². The minimum absolute atomic E-state index is 0.480. The third-order valence-corrected chi connectivity index (χ3v) is 2.72. The molecule has 0 unspecified atom stereocenters. The number of ether oxygens (including phenoxy) is 1.